The number of aliphatic hydroxyl groups is 4. The lowest BCUT2D eigenvalue weighted by Crippen LogP contribution is -2.65. The Kier molecular flexibility index (Phi) is 4.08. The number of ether oxygens (including phenoxy) is 1. The molecule has 5 atom stereocenters. The van der Waals surface area contributed by atoms with Gasteiger partial charge in [-0.1, -0.05) is 13.3 Å². The van der Waals surface area contributed by atoms with Gasteiger partial charge in [0.15, 0.2) is 0 Å². The van der Waals surface area contributed by atoms with E-state index >= 15 is 0 Å². The van der Waals surface area contributed by atoms with E-state index in [1.807, 2.05) is 6.92 Å². The predicted molar refractivity (Wildman–Crippen MR) is 53.3 cm³/mol. The van der Waals surface area contributed by atoms with Crippen LogP contribution in [0.15, 0.2) is 0 Å². The number of rotatable bonds is 3. The van der Waals surface area contributed by atoms with Crippen molar-refractivity contribution in [2.24, 2.45) is 0 Å². The molecular formula is C10H20O5. The molecule has 5 nitrogen and oxygen atoms in total. The van der Waals surface area contributed by atoms with Crippen LogP contribution in [-0.4, -0.2) is 57.0 Å². The van der Waals surface area contributed by atoms with Crippen molar-refractivity contribution in [2.75, 3.05) is 6.61 Å². The molecule has 0 bridgehead atoms. The summed E-state index contributed by atoms with van der Waals surface area (Å²) in [6.45, 7) is 3.01. The van der Waals surface area contributed by atoms with Gasteiger partial charge in [0.25, 0.3) is 0 Å². The lowest BCUT2D eigenvalue weighted by Gasteiger charge is -2.46. The van der Waals surface area contributed by atoms with Crippen LogP contribution in [0.3, 0.4) is 0 Å². The first-order valence-electron chi connectivity index (χ1n) is 5.30. The lowest BCUT2D eigenvalue weighted by molar-refractivity contribution is -0.269. The van der Waals surface area contributed by atoms with Crippen molar-refractivity contribution in [3.05, 3.63) is 0 Å². The van der Waals surface area contributed by atoms with Gasteiger partial charge in [0, 0.05) is 0 Å². The molecule has 0 spiro atoms. The van der Waals surface area contributed by atoms with E-state index in [0.717, 1.165) is 6.42 Å². The van der Waals surface area contributed by atoms with Gasteiger partial charge < -0.3 is 25.2 Å². The molecular weight excluding hydrogens is 200 g/mol. The smallest absolute Gasteiger partial charge is 0.116 e. The fraction of sp³-hybridized carbons (Fsp3) is 1.00. The second-order valence-corrected chi connectivity index (χ2v) is 4.30. The van der Waals surface area contributed by atoms with Crippen LogP contribution in [0.4, 0.5) is 0 Å². The van der Waals surface area contributed by atoms with Crippen molar-refractivity contribution in [3.63, 3.8) is 0 Å². The van der Waals surface area contributed by atoms with Crippen molar-refractivity contribution < 1.29 is 25.2 Å². The summed E-state index contributed by atoms with van der Waals surface area (Å²) in [4.78, 5) is 0. The molecule has 0 aromatic heterocycles. The van der Waals surface area contributed by atoms with E-state index in [0.29, 0.717) is 6.42 Å². The fourth-order valence-corrected chi connectivity index (χ4v) is 1.94. The summed E-state index contributed by atoms with van der Waals surface area (Å²) in [5, 5.41) is 38.2. The standard InChI is InChI=1S/C10H20O5/c1-3-4-7-10(2,14)9(13)8(12)6(5-11)15-7/h6-9,11-14H,3-5H2,1-2H3. The highest BCUT2D eigenvalue weighted by molar-refractivity contribution is 5.00. The van der Waals surface area contributed by atoms with Gasteiger partial charge in [-0.05, 0) is 13.3 Å². The minimum atomic E-state index is -1.47. The Morgan fingerprint density at radius 2 is 1.93 bits per heavy atom. The highest BCUT2D eigenvalue weighted by Gasteiger charge is 2.50. The molecule has 15 heavy (non-hydrogen) atoms. The number of hydrogen-bond acceptors (Lipinski definition) is 5. The van der Waals surface area contributed by atoms with Gasteiger partial charge in [0.05, 0.1) is 12.7 Å². The molecule has 1 saturated heterocycles. The molecule has 1 aliphatic heterocycles. The Morgan fingerprint density at radius 1 is 1.33 bits per heavy atom. The first kappa shape index (κ1) is 12.9. The first-order valence-corrected chi connectivity index (χ1v) is 5.30. The fourth-order valence-electron chi connectivity index (χ4n) is 1.94. The highest BCUT2D eigenvalue weighted by Crippen LogP contribution is 2.31. The van der Waals surface area contributed by atoms with Crippen LogP contribution >= 0.6 is 0 Å². The maximum absolute atomic E-state index is 10.0. The Bertz CT molecular complexity index is 206. The second kappa shape index (κ2) is 4.76. The largest absolute Gasteiger partial charge is 0.394 e. The zero-order valence-corrected chi connectivity index (χ0v) is 9.13. The molecule has 5 heteroatoms. The van der Waals surface area contributed by atoms with Crippen molar-refractivity contribution in [3.8, 4) is 0 Å². The molecule has 5 unspecified atom stereocenters. The molecule has 1 fully saturated rings. The average molecular weight is 220 g/mol. The minimum absolute atomic E-state index is 0.367. The molecule has 1 heterocycles. The van der Waals surface area contributed by atoms with Crippen molar-refractivity contribution in [1.29, 1.82) is 0 Å². The van der Waals surface area contributed by atoms with Crippen molar-refractivity contribution in [1.82, 2.24) is 0 Å². The van der Waals surface area contributed by atoms with E-state index in [4.69, 9.17) is 9.84 Å². The molecule has 0 saturated carbocycles. The highest BCUT2D eigenvalue weighted by atomic mass is 16.5. The zero-order valence-electron chi connectivity index (χ0n) is 9.13. The molecule has 0 aliphatic carbocycles. The molecule has 1 rings (SSSR count). The summed E-state index contributed by atoms with van der Waals surface area (Å²) >= 11 is 0. The third-order valence-corrected chi connectivity index (χ3v) is 3.02. The van der Waals surface area contributed by atoms with E-state index in [2.05, 4.69) is 0 Å². The molecule has 1 aliphatic rings. The quantitative estimate of drug-likeness (QED) is 0.491. The predicted octanol–water partition coefficient (Wildman–Crippen LogP) is -0.981. The lowest BCUT2D eigenvalue weighted by atomic mass is 9.82. The van der Waals surface area contributed by atoms with Crippen LogP contribution in [0.1, 0.15) is 26.7 Å². The van der Waals surface area contributed by atoms with E-state index in [1.54, 1.807) is 0 Å². The normalized spacial score (nSPS) is 46.8. The Hall–Kier alpha value is -0.200. The van der Waals surface area contributed by atoms with Crippen LogP contribution in [0.25, 0.3) is 0 Å². The van der Waals surface area contributed by atoms with Crippen LogP contribution in [-0.2, 0) is 4.74 Å². The maximum atomic E-state index is 10.0. The Balaban J connectivity index is 2.80. The third kappa shape index (κ3) is 2.32. The molecule has 90 valence electrons. The molecule has 4 N–H and O–H groups in total. The minimum Gasteiger partial charge on any atom is -0.394 e. The molecule has 0 amide bonds. The van der Waals surface area contributed by atoms with Crippen molar-refractivity contribution >= 4 is 0 Å². The second-order valence-electron chi connectivity index (χ2n) is 4.30. The Morgan fingerprint density at radius 3 is 2.40 bits per heavy atom. The van der Waals surface area contributed by atoms with Crippen LogP contribution in [0.5, 0.6) is 0 Å². The van der Waals surface area contributed by atoms with E-state index in [-0.39, 0.29) is 6.61 Å². The van der Waals surface area contributed by atoms with E-state index in [1.165, 1.54) is 6.92 Å². The van der Waals surface area contributed by atoms with Gasteiger partial charge in [-0.3, -0.25) is 0 Å². The first-order chi connectivity index (χ1) is 6.95. The van der Waals surface area contributed by atoms with Gasteiger partial charge >= 0.3 is 0 Å². The summed E-state index contributed by atoms with van der Waals surface area (Å²) < 4.78 is 5.36. The average Bonchev–Trinajstić information content (AvgIpc) is 2.20. The van der Waals surface area contributed by atoms with Crippen LogP contribution < -0.4 is 0 Å². The summed E-state index contributed by atoms with van der Waals surface area (Å²) in [7, 11) is 0. The third-order valence-electron chi connectivity index (χ3n) is 3.02. The molecule has 0 aromatic carbocycles. The topological polar surface area (TPSA) is 90.2 Å². The Labute approximate surface area is 89.3 Å². The summed E-state index contributed by atoms with van der Waals surface area (Å²) in [5.41, 5.74) is -1.47. The van der Waals surface area contributed by atoms with E-state index < -0.39 is 30.0 Å². The number of hydrogen-bond donors (Lipinski definition) is 4. The maximum Gasteiger partial charge on any atom is 0.116 e. The van der Waals surface area contributed by atoms with Crippen LogP contribution in [0, 0.1) is 0 Å². The van der Waals surface area contributed by atoms with Crippen molar-refractivity contribution in [2.45, 2.75) is 56.7 Å². The van der Waals surface area contributed by atoms with Gasteiger partial charge in [0.1, 0.15) is 23.9 Å². The van der Waals surface area contributed by atoms with Crippen LogP contribution in [0.2, 0.25) is 0 Å². The summed E-state index contributed by atoms with van der Waals surface area (Å²) in [6.07, 6.45) is -2.55. The summed E-state index contributed by atoms with van der Waals surface area (Å²) in [5.74, 6) is 0. The van der Waals surface area contributed by atoms with E-state index in [9.17, 15) is 15.3 Å². The van der Waals surface area contributed by atoms with Gasteiger partial charge in [-0.25, -0.2) is 0 Å². The van der Waals surface area contributed by atoms with Gasteiger partial charge in [-0.15, -0.1) is 0 Å². The molecule has 0 aromatic rings. The van der Waals surface area contributed by atoms with Gasteiger partial charge in [0.2, 0.25) is 0 Å². The monoisotopic (exact) mass is 220 g/mol. The SMILES string of the molecule is CCCC1OC(CO)C(O)C(O)C1(C)O. The van der Waals surface area contributed by atoms with Gasteiger partial charge in [-0.2, -0.15) is 0 Å². The zero-order chi connectivity index (χ0) is 11.6. The molecule has 0 radical (unpaired) electrons. The number of aliphatic hydroxyl groups excluding tert-OH is 3. The summed E-state index contributed by atoms with van der Waals surface area (Å²) in [6, 6.07) is 0.